The third-order valence-electron chi connectivity index (χ3n) is 2.89. The quantitative estimate of drug-likeness (QED) is 0.703. The van der Waals surface area contributed by atoms with Crippen LogP contribution in [0.3, 0.4) is 0 Å². The lowest BCUT2D eigenvalue weighted by molar-refractivity contribution is -0.183. The lowest BCUT2D eigenvalue weighted by Gasteiger charge is -2.32. The van der Waals surface area contributed by atoms with Crippen LogP contribution >= 0.6 is 0 Å². The van der Waals surface area contributed by atoms with E-state index in [2.05, 4.69) is 12.2 Å². The van der Waals surface area contributed by atoms with Crippen LogP contribution < -0.4 is 5.32 Å². The molecule has 13 heavy (non-hydrogen) atoms. The van der Waals surface area contributed by atoms with E-state index >= 15 is 0 Å². The van der Waals surface area contributed by atoms with Crippen LogP contribution in [0.2, 0.25) is 0 Å². The molecule has 0 bridgehead atoms. The summed E-state index contributed by atoms with van der Waals surface area (Å²) in [5, 5.41) is 3.32. The van der Waals surface area contributed by atoms with Gasteiger partial charge in [0.15, 0.2) is 5.79 Å². The van der Waals surface area contributed by atoms with Crippen molar-refractivity contribution in [2.45, 2.75) is 44.5 Å². The molecule has 0 saturated carbocycles. The Bertz CT molecular complexity index is 166. The van der Waals surface area contributed by atoms with Gasteiger partial charge in [0, 0.05) is 25.9 Å². The highest BCUT2D eigenvalue weighted by Crippen LogP contribution is 2.33. The average Bonchev–Trinajstić information content (AvgIpc) is 2.51. The van der Waals surface area contributed by atoms with Crippen LogP contribution in [0.5, 0.6) is 0 Å². The van der Waals surface area contributed by atoms with Crippen LogP contribution in [0, 0.1) is 0 Å². The van der Waals surface area contributed by atoms with Crippen LogP contribution in [-0.2, 0) is 9.47 Å². The predicted molar refractivity (Wildman–Crippen MR) is 50.6 cm³/mol. The molecule has 0 aliphatic carbocycles. The highest BCUT2D eigenvalue weighted by molar-refractivity contribution is 4.83. The van der Waals surface area contributed by atoms with Gasteiger partial charge in [-0.1, -0.05) is 13.3 Å². The van der Waals surface area contributed by atoms with Crippen molar-refractivity contribution >= 4 is 0 Å². The van der Waals surface area contributed by atoms with E-state index in [1.807, 2.05) is 0 Å². The van der Waals surface area contributed by atoms with E-state index in [0.717, 1.165) is 39.0 Å². The zero-order valence-electron chi connectivity index (χ0n) is 8.34. The number of hydrogen-bond donors (Lipinski definition) is 1. The van der Waals surface area contributed by atoms with Crippen molar-refractivity contribution in [2.75, 3.05) is 19.7 Å². The lowest BCUT2D eigenvalue weighted by atomic mass is 10.1. The minimum absolute atomic E-state index is 0.217. The molecule has 3 heteroatoms. The largest absolute Gasteiger partial charge is 0.347 e. The number of rotatable bonds is 2. The van der Waals surface area contributed by atoms with Crippen LogP contribution in [0.1, 0.15) is 32.6 Å². The summed E-state index contributed by atoms with van der Waals surface area (Å²) in [7, 11) is 0. The summed E-state index contributed by atoms with van der Waals surface area (Å²) in [5.74, 6) is -0.217. The maximum Gasteiger partial charge on any atom is 0.171 e. The minimum atomic E-state index is -0.217. The third kappa shape index (κ3) is 2.03. The highest BCUT2D eigenvalue weighted by atomic mass is 16.7. The second kappa shape index (κ2) is 3.95. The van der Waals surface area contributed by atoms with Crippen molar-refractivity contribution in [1.82, 2.24) is 5.32 Å². The molecule has 0 radical (unpaired) electrons. The van der Waals surface area contributed by atoms with E-state index in [1.165, 1.54) is 6.42 Å². The summed E-state index contributed by atoms with van der Waals surface area (Å²) < 4.78 is 11.8. The van der Waals surface area contributed by atoms with Crippen LogP contribution in [0.4, 0.5) is 0 Å². The van der Waals surface area contributed by atoms with Gasteiger partial charge in [0.05, 0.1) is 12.7 Å². The zero-order valence-corrected chi connectivity index (χ0v) is 8.34. The second-order valence-corrected chi connectivity index (χ2v) is 4.00. The van der Waals surface area contributed by atoms with Crippen molar-refractivity contribution in [2.24, 2.45) is 0 Å². The van der Waals surface area contributed by atoms with E-state index in [9.17, 15) is 0 Å². The first-order chi connectivity index (χ1) is 6.35. The monoisotopic (exact) mass is 185 g/mol. The summed E-state index contributed by atoms with van der Waals surface area (Å²) in [5.41, 5.74) is 0. The Hall–Kier alpha value is -0.120. The minimum Gasteiger partial charge on any atom is -0.347 e. The summed E-state index contributed by atoms with van der Waals surface area (Å²) in [6.07, 6.45) is 4.68. The molecule has 2 fully saturated rings. The average molecular weight is 185 g/mol. The van der Waals surface area contributed by atoms with Crippen LogP contribution in [-0.4, -0.2) is 31.6 Å². The maximum atomic E-state index is 5.97. The zero-order chi connectivity index (χ0) is 9.15. The molecule has 1 N–H and O–H groups in total. The van der Waals surface area contributed by atoms with Gasteiger partial charge in [-0.2, -0.15) is 0 Å². The first-order valence-electron chi connectivity index (χ1n) is 5.37. The summed E-state index contributed by atoms with van der Waals surface area (Å²) in [6.45, 7) is 5.04. The molecule has 1 spiro atoms. The topological polar surface area (TPSA) is 30.5 Å². The fourth-order valence-electron chi connectivity index (χ4n) is 2.15. The molecule has 3 nitrogen and oxygen atoms in total. The molecule has 0 aromatic rings. The number of ether oxygens (including phenoxy) is 2. The fourth-order valence-corrected chi connectivity index (χ4v) is 2.15. The molecule has 1 unspecified atom stereocenters. The first-order valence-corrected chi connectivity index (χ1v) is 5.37. The molecule has 76 valence electrons. The van der Waals surface area contributed by atoms with Gasteiger partial charge in [-0.25, -0.2) is 0 Å². The van der Waals surface area contributed by atoms with Crippen molar-refractivity contribution in [3.63, 3.8) is 0 Å². The Morgan fingerprint density at radius 1 is 1.38 bits per heavy atom. The van der Waals surface area contributed by atoms with Gasteiger partial charge in [0.2, 0.25) is 0 Å². The molecule has 2 rings (SSSR count). The second-order valence-electron chi connectivity index (χ2n) is 4.00. The normalized spacial score (nSPS) is 32.5. The van der Waals surface area contributed by atoms with Gasteiger partial charge in [0.1, 0.15) is 0 Å². The van der Waals surface area contributed by atoms with Crippen molar-refractivity contribution in [1.29, 1.82) is 0 Å². The molecule has 2 heterocycles. The van der Waals surface area contributed by atoms with Crippen LogP contribution in [0.25, 0.3) is 0 Å². The summed E-state index contributed by atoms with van der Waals surface area (Å²) in [4.78, 5) is 0. The molecule has 0 aromatic carbocycles. The van der Waals surface area contributed by atoms with Gasteiger partial charge in [-0.05, 0) is 6.42 Å². The Morgan fingerprint density at radius 2 is 2.15 bits per heavy atom. The Morgan fingerprint density at radius 3 is 2.85 bits per heavy atom. The van der Waals surface area contributed by atoms with Crippen LogP contribution in [0.15, 0.2) is 0 Å². The highest BCUT2D eigenvalue weighted by Gasteiger charge is 2.41. The number of nitrogens with one attached hydrogen (secondary N) is 1. The van der Waals surface area contributed by atoms with Gasteiger partial charge in [-0.15, -0.1) is 0 Å². The molecular formula is C10H19NO2. The van der Waals surface area contributed by atoms with Gasteiger partial charge in [-0.3, -0.25) is 0 Å². The Kier molecular flexibility index (Phi) is 2.86. The number of piperidine rings is 1. The molecule has 2 aliphatic heterocycles. The lowest BCUT2D eigenvalue weighted by Crippen LogP contribution is -2.43. The Balaban J connectivity index is 1.87. The van der Waals surface area contributed by atoms with Gasteiger partial charge in [0.25, 0.3) is 0 Å². The Labute approximate surface area is 79.8 Å². The summed E-state index contributed by atoms with van der Waals surface area (Å²) >= 11 is 0. The standard InChI is InChI=1S/C10H19NO2/c1-2-3-9-8-12-10(13-9)4-6-11-7-5-10/h9,11H,2-8H2,1H3. The molecule has 2 aliphatic rings. The smallest absolute Gasteiger partial charge is 0.171 e. The molecule has 1 atom stereocenters. The van der Waals surface area contributed by atoms with Gasteiger partial charge >= 0.3 is 0 Å². The van der Waals surface area contributed by atoms with Crippen molar-refractivity contribution in [3.05, 3.63) is 0 Å². The predicted octanol–water partition coefficient (Wildman–Crippen LogP) is 1.28. The van der Waals surface area contributed by atoms with Crippen molar-refractivity contribution in [3.8, 4) is 0 Å². The number of hydrogen-bond acceptors (Lipinski definition) is 3. The molecular weight excluding hydrogens is 166 g/mol. The van der Waals surface area contributed by atoms with E-state index in [-0.39, 0.29) is 5.79 Å². The van der Waals surface area contributed by atoms with E-state index in [0.29, 0.717) is 6.10 Å². The van der Waals surface area contributed by atoms with Crippen molar-refractivity contribution < 1.29 is 9.47 Å². The molecule has 2 saturated heterocycles. The third-order valence-corrected chi connectivity index (χ3v) is 2.89. The fraction of sp³-hybridized carbons (Fsp3) is 1.00. The van der Waals surface area contributed by atoms with E-state index in [1.54, 1.807) is 0 Å². The maximum absolute atomic E-state index is 5.97. The van der Waals surface area contributed by atoms with E-state index in [4.69, 9.17) is 9.47 Å². The van der Waals surface area contributed by atoms with Gasteiger partial charge < -0.3 is 14.8 Å². The molecule has 0 aromatic heterocycles. The molecule has 0 amide bonds. The SMILES string of the molecule is CCCC1COC2(CCNCC2)O1. The summed E-state index contributed by atoms with van der Waals surface area (Å²) in [6, 6.07) is 0. The van der Waals surface area contributed by atoms with E-state index < -0.39 is 0 Å². The first kappa shape index (κ1) is 9.44.